The number of aromatic nitrogens is 2. The van der Waals surface area contributed by atoms with Crippen molar-refractivity contribution >= 4 is 39.1 Å². The smallest absolute Gasteiger partial charge is 0.159 e. The van der Waals surface area contributed by atoms with Crippen LogP contribution in [0.5, 0.6) is 0 Å². The van der Waals surface area contributed by atoms with Crippen molar-refractivity contribution in [2.45, 2.75) is 6.17 Å². The van der Waals surface area contributed by atoms with E-state index < -0.39 is 0 Å². The lowest BCUT2D eigenvalue weighted by molar-refractivity contribution is 0.636. The minimum absolute atomic E-state index is 0.0135. The molecule has 8 aromatic rings. The molecule has 0 bridgehead atoms. The summed E-state index contributed by atoms with van der Waals surface area (Å²) in [5.41, 5.74) is 13.6. The van der Waals surface area contributed by atoms with Gasteiger partial charge in [0.2, 0.25) is 0 Å². The first-order chi connectivity index (χ1) is 29.2. The molecular formula is C54H41N5. The summed E-state index contributed by atoms with van der Waals surface area (Å²) in [6.07, 6.45) is 11.8. The van der Waals surface area contributed by atoms with E-state index in [-0.39, 0.29) is 18.0 Å². The van der Waals surface area contributed by atoms with E-state index in [1.54, 1.807) is 0 Å². The number of nitrogens with zero attached hydrogens (tertiary/aromatic N) is 4. The van der Waals surface area contributed by atoms with E-state index in [0.29, 0.717) is 5.84 Å². The second kappa shape index (κ2) is 15.4. The molecule has 282 valence electrons. The molecule has 5 heteroatoms. The van der Waals surface area contributed by atoms with Gasteiger partial charge in [-0.15, -0.1) is 13.2 Å². The number of hydrogen-bond acceptors (Lipinski definition) is 4. The molecule has 0 fully saturated rings. The fourth-order valence-corrected chi connectivity index (χ4v) is 8.61. The van der Waals surface area contributed by atoms with Crippen molar-refractivity contribution in [1.29, 1.82) is 0 Å². The van der Waals surface area contributed by atoms with Crippen LogP contribution >= 0.6 is 0 Å². The maximum atomic E-state index is 5.19. The van der Waals surface area contributed by atoms with Crippen molar-refractivity contribution in [3.63, 3.8) is 0 Å². The average molecular weight is 760 g/mol. The lowest BCUT2D eigenvalue weighted by Gasteiger charge is -2.33. The Kier molecular flexibility index (Phi) is 9.32. The summed E-state index contributed by atoms with van der Waals surface area (Å²) in [6, 6.07) is 57.8. The second-order valence-corrected chi connectivity index (χ2v) is 14.9. The number of hydrogen-bond donors (Lipinski definition) is 1. The molecule has 0 radical (unpaired) electrons. The maximum absolute atomic E-state index is 5.19. The van der Waals surface area contributed by atoms with Crippen LogP contribution < -0.4 is 5.32 Å². The molecule has 2 aliphatic rings. The quantitative estimate of drug-likeness (QED) is 0.149. The van der Waals surface area contributed by atoms with Crippen LogP contribution in [-0.4, -0.2) is 21.2 Å². The van der Waals surface area contributed by atoms with Crippen LogP contribution in [0.2, 0.25) is 0 Å². The normalized spacial score (nSPS) is 17.7. The summed E-state index contributed by atoms with van der Waals surface area (Å²) in [5.74, 6) is 1.39. The Morgan fingerprint density at radius 2 is 1.07 bits per heavy atom. The van der Waals surface area contributed by atoms with Gasteiger partial charge in [0.1, 0.15) is 12.0 Å². The van der Waals surface area contributed by atoms with E-state index >= 15 is 0 Å². The first-order valence-electron chi connectivity index (χ1n) is 20.0. The molecule has 1 N–H and O–H groups in total. The Bertz CT molecular complexity index is 2970. The van der Waals surface area contributed by atoms with Crippen molar-refractivity contribution < 1.29 is 0 Å². The fraction of sp³-hybridized carbons (Fsp3) is 0.0556. The highest BCUT2D eigenvalue weighted by Gasteiger charge is 2.32. The van der Waals surface area contributed by atoms with E-state index in [9.17, 15) is 0 Å². The minimum Gasteiger partial charge on any atom is -0.344 e. The molecule has 2 aromatic heterocycles. The van der Waals surface area contributed by atoms with Crippen LogP contribution in [0.25, 0.3) is 55.3 Å². The third-order valence-corrected chi connectivity index (χ3v) is 11.6. The zero-order valence-electron chi connectivity index (χ0n) is 32.5. The number of nitrogens with one attached hydrogen (secondary N) is 1. The predicted octanol–water partition coefficient (Wildman–Crippen LogP) is 12.6. The van der Waals surface area contributed by atoms with Crippen molar-refractivity contribution in [1.82, 2.24) is 14.9 Å². The van der Waals surface area contributed by atoms with Crippen LogP contribution in [0.15, 0.2) is 229 Å². The Morgan fingerprint density at radius 1 is 0.508 bits per heavy atom. The Labute approximate surface area is 344 Å². The fourth-order valence-electron chi connectivity index (χ4n) is 8.61. The Hall–Kier alpha value is -7.63. The highest BCUT2D eigenvalue weighted by molar-refractivity contribution is 6.14. The highest BCUT2D eigenvalue weighted by Crippen LogP contribution is 2.41. The van der Waals surface area contributed by atoms with Gasteiger partial charge in [0, 0.05) is 51.8 Å². The number of fused-ring (bicyclic) bond motifs is 3. The predicted molar refractivity (Wildman–Crippen MR) is 246 cm³/mol. The summed E-state index contributed by atoms with van der Waals surface area (Å²) in [6.45, 7) is 8.67. The molecule has 3 heterocycles. The van der Waals surface area contributed by atoms with Crippen molar-refractivity contribution in [3.05, 3.63) is 236 Å². The van der Waals surface area contributed by atoms with Crippen molar-refractivity contribution in [3.8, 4) is 27.9 Å². The van der Waals surface area contributed by atoms with Crippen LogP contribution in [0.1, 0.15) is 22.9 Å². The average Bonchev–Trinajstić information content (AvgIpc) is 3.65. The maximum Gasteiger partial charge on any atom is 0.159 e. The second-order valence-electron chi connectivity index (χ2n) is 14.9. The Morgan fingerprint density at radius 3 is 1.80 bits per heavy atom. The highest BCUT2D eigenvalue weighted by atomic mass is 15.2. The summed E-state index contributed by atoms with van der Waals surface area (Å²) >= 11 is 0. The largest absolute Gasteiger partial charge is 0.344 e. The summed E-state index contributed by atoms with van der Waals surface area (Å²) in [4.78, 5) is 14.5. The molecule has 1 aliphatic carbocycles. The number of benzene rings is 6. The van der Waals surface area contributed by atoms with Gasteiger partial charge >= 0.3 is 0 Å². The SMILES string of the molecule is C=CC1C(C2=NC(c3ccc(-c4ccncc4)cc3)=NC(c3ccccc3)N2)=CC=C(c2ccc(-c3ccc4c(c3)c3ccccc3n4-c3ccccc3)cc2)C1C=C. The van der Waals surface area contributed by atoms with E-state index in [0.717, 1.165) is 44.9 Å². The van der Waals surface area contributed by atoms with Crippen LogP contribution in [0.4, 0.5) is 0 Å². The topological polar surface area (TPSA) is 54.6 Å². The number of rotatable bonds is 9. The number of para-hydroxylation sites is 2. The molecule has 5 nitrogen and oxygen atoms in total. The van der Waals surface area contributed by atoms with E-state index in [1.807, 2.05) is 54.9 Å². The molecule has 0 saturated carbocycles. The first kappa shape index (κ1) is 35.8. The molecule has 10 rings (SSSR count). The summed E-state index contributed by atoms with van der Waals surface area (Å²) in [5, 5.41) is 6.16. The van der Waals surface area contributed by atoms with E-state index in [2.05, 4.69) is 174 Å². The molecule has 3 unspecified atom stereocenters. The molecule has 6 aromatic carbocycles. The third-order valence-electron chi connectivity index (χ3n) is 11.6. The van der Waals surface area contributed by atoms with Gasteiger partial charge in [-0.05, 0) is 81.4 Å². The number of allylic oxidation sites excluding steroid dienone is 5. The monoisotopic (exact) mass is 759 g/mol. The Balaban J connectivity index is 0.986. The van der Waals surface area contributed by atoms with Gasteiger partial charge in [0.05, 0.1) is 11.0 Å². The number of amidine groups is 2. The van der Waals surface area contributed by atoms with Crippen LogP contribution in [0, 0.1) is 11.8 Å². The van der Waals surface area contributed by atoms with Gasteiger partial charge < -0.3 is 9.88 Å². The lowest BCUT2D eigenvalue weighted by Crippen LogP contribution is -2.37. The zero-order valence-corrected chi connectivity index (χ0v) is 32.5. The zero-order chi connectivity index (χ0) is 39.7. The number of aliphatic imine (C=N–C) groups is 2. The van der Waals surface area contributed by atoms with E-state index in [1.165, 1.54) is 38.5 Å². The molecule has 3 atom stereocenters. The molecular weight excluding hydrogens is 719 g/mol. The molecule has 59 heavy (non-hydrogen) atoms. The standard InChI is InChI=1S/C54H41N5/c1-3-44-45(4-2)48(54-57-52(40-13-7-5-8-14-40)56-53(58-54)41-25-21-36(22-26-41)38-31-33-55-34-32-38)29-28-46(44)39-23-19-37(20-24-39)42-27-30-51-49(35-42)47-17-11-12-18-50(47)59(51)43-15-9-6-10-16-43/h3-35,44-45,52H,1-2H2,(H,56,57,58). The molecule has 1 aliphatic heterocycles. The van der Waals surface area contributed by atoms with E-state index in [4.69, 9.17) is 9.98 Å². The van der Waals surface area contributed by atoms with Crippen LogP contribution in [-0.2, 0) is 0 Å². The van der Waals surface area contributed by atoms with Crippen molar-refractivity contribution in [2.75, 3.05) is 0 Å². The van der Waals surface area contributed by atoms with Crippen molar-refractivity contribution in [2.24, 2.45) is 21.8 Å². The number of pyridine rings is 1. The molecule has 0 spiro atoms. The van der Waals surface area contributed by atoms with Gasteiger partial charge in [0.25, 0.3) is 0 Å². The summed E-state index contributed by atoms with van der Waals surface area (Å²) < 4.78 is 2.35. The van der Waals surface area contributed by atoms with Gasteiger partial charge in [-0.2, -0.15) is 0 Å². The van der Waals surface area contributed by atoms with Gasteiger partial charge in [0.15, 0.2) is 5.84 Å². The third kappa shape index (κ3) is 6.63. The van der Waals surface area contributed by atoms with Crippen LogP contribution in [0.3, 0.4) is 0 Å². The van der Waals surface area contributed by atoms with Gasteiger partial charge in [-0.1, -0.05) is 146 Å². The van der Waals surface area contributed by atoms with Gasteiger partial charge in [-0.3, -0.25) is 4.98 Å². The minimum atomic E-state index is -0.306. The molecule has 0 amide bonds. The first-order valence-corrected chi connectivity index (χ1v) is 20.0. The molecule has 0 saturated heterocycles. The van der Waals surface area contributed by atoms with Gasteiger partial charge in [-0.25, -0.2) is 9.98 Å². The summed E-state index contributed by atoms with van der Waals surface area (Å²) in [7, 11) is 0. The lowest BCUT2D eigenvalue weighted by atomic mass is 9.74.